The number of nitrogens with one attached hydrogen (secondary N) is 2. The van der Waals surface area contributed by atoms with Crippen LogP contribution in [-0.4, -0.2) is 46.2 Å². The highest BCUT2D eigenvalue weighted by Crippen LogP contribution is 2.28. The van der Waals surface area contributed by atoms with E-state index in [0.29, 0.717) is 18.2 Å². The van der Waals surface area contributed by atoms with Crippen LogP contribution in [0.5, 0.6) is 0 Å². The molecule has 0 fully saturated rings. The number of carbonyl (C=O) groups is 2. The molecule has 0 bridgehead atoms. The summed E-state index contributed by atoms with van der Waals surface area (Å²) in [7, 11) is 0. The van der Waals surface area contributed by atoms with Gasteiger partial charge < -0.3 is 15.5 Å². The summed E-state index contributed by atoms with van der Waals surface area (Å²) in [6.07, 6.45) is 3.00. The standard InChI is InChI=1S/C20H28BrN5O2S/c1-4-6-11-22-20(28)26(14(3)5-2)12-10-17(27)23-19-25-24-18(29-19)15-8-7-9-16(21)13-15/h7-9,13-14H,4-6,10-12H2,1-3H3,(H,22,28)(H,23,25,27). The lowest BCUT2D eigenvalue weighted by Crippen LogP contribution is -2.46. The highest BCUT2D eigenvalue weighted by atomic mass is 79.9. The molecule has 7 nitrogen and oxygen atoms in total. The lowest BCUT2D eigenvalue weighted by atomic mass is 10.2. The van der Waals surface area contributed by atoms with Crippen molar-refractivity contribution in [3.05, 3.63) is 28.7 Å². The number of hydrogen-bond acceptors (Lipinski definition) is 5. The van der Waals surface area contributed by atoms with Gasteiger partial charge in [-0.1, -0.05) is 59.7 Å². The minimum atomic E-state index is -0.184. The van der Waals surface area contributed by atoms with Crippen molar-refractivity contribution in [2.24, 2.45) is 0 Å². The predicted molar refractivity (Wildman–Crippen MR) is 121 cm³/mol. The average molecular weight is 482 g/mol. The third-order valence-electron chi connectivity index (χ3n) is 4.51. The molecule has 9 heteroatoms. The molecule has 29 heavy (non-hydrogen) atoms. The van der Waals surface area contributed by atoms with Crippen molar-refractivity contribution in [2.45, 2.75) is 52.5 Å². The monoisotopic (exact) mass is 481 g/mol. The van der Waals surface area contributed by atoms with E-state index in [1.807, 2.05) is 38.1 Å². The lowest BCUT2D eigenvalue weighted by molar-refractivity contribution is -0.116. The Morgan fingerprint density at radius 1 is 1.28 bits per heavy atom. The fourth-order valence-corrected chi connectivity index (χ4v) is 3.79. The van der Waals surface area contributed by atoms with Crippen LogP contribution in [0.3, 0.4) is 0 Å². The summed E-state index contributed by atoms with van der Waals surface area (Å²) in [5, 5.41) is 15.1. The molecule has 0 radical (unpaired) electrons. The van der Waals surface area contributed by atoms with Crippen LogP contribution >= 0.6 is 27.3 Å². The topological polar surface area (TPSA) is 87.2 Å². The summed E-state index contributed by atoms with van der Waals surface area (Å²) in [5.74, 6) is -0.184. The second kappa shape index (κ2) is 11.9. The second-order valence-corrected chi connectivity index (χ2v) is 8.65. The molecule has 2 aromatic rings. The van der Waals surface area contributed by atoms with Crippen molar-refractivity contribution in [3.63, 3.8) is 0 Å². The second-order valence-electron chi connectivity index (χ2n) is 6.76. The summed E-state index contributed by atoms with van der Waals surface area (Å²) in [5.41, 5.74) is 0.934. The first-order valence-electron chi connectivity index (χ1n) is 9.88. The highest BCUT2D eigenvalue weighted by Gasteiger charge is 2.20. The SMILES string of the molecule is CCCCNC(=O)N(CCC(=O)Nc1nnc(-c2cccc(Br)c2)s1)C(C)CC. The Hall–Kier alpha value is -2.00. The maximum atomic E-state index is 12.4. The van der Waals surface area contributed by atoms with Crippen molar-refractivity contribution in [3.8, 4) is 10.6 Å². The van der Waals surface area contributed by atoms with Gasteiger partial charge >= 0.3 is 6.03 Å². The van der Waals surface area contributed by atoms with E-state index < -0.39 is 0 Å². The van der Waals surface area contributed by atoms with Gasteiger partial charge in [-0.25, -0.2) is 4.79 Å². The van der Waals surface area contributed by atoms with Crippen molar-refractivity contribution in [1.82, 2.24) is 20.4 Å². The van der Waals surface area contributed by atoms with Crippen LogP contribution in [0.1, 0.15) is 46.5 Å². The molecule has 0 aliphatic heterocycles. The lowest BCUT2D eigenvalue weighted by Gasteiger charge is -2.28. The molecule has 1 atom stereocenters. The molecule has 1 aromatic carbocycles. The summed E-state index contributed by atoms with van der Waals surface area (Å²) in [6.45, 7) is 7.11. The maximum Gasteiger partial charge on any atom is 0.317 e. The van der Waals surface area contributed by atoms with E-state index in [9.17, 15) is 9.59 Å². The number of aromatic nitrogens is 2. The van der Waals surface area contributed by atoms with E-state index in [2.05, 4.69) is 43.7 Å². The Morgan fingerprint density at radius 2 is 2.07 bits per heavy atom. The Morgan fingerprint density at radius 3 is 2.76 bits per heavy atom. The number of anilines is 1. The van der Waals surface area contributed by atoms with Crippen LogP contribution < -0.4 is 10.6 Å². The zero-order valence-electron chi connectivity index (χ0n) is 17.1. The fourth-order valence-electron chi connectivity index (χ4n) is 2.63. The zero-order chi connectivity index (χ0) is 21.2. The first-order valence-corrected chi connectivity index (χ1v) is 11.5. The molecule has 0 aliphatic rings. The number of rotatable bonds is 10. The average Bonchev–Trinajstić information content (AvgIpc) is 3.16. The molecule has 1 heterocycles. The van der Waals surface area contributed by atoms with Gasteiger partial charge in [0, 0.05) is 35.6 Å². The van der Waals surface area contributed by atoms with Crippen LogP contribution in [0.25, 0.3) is 10.6 Å². The number of halogens is 1. The number of unbranched alkanes of at least 4 members (excludes halogenated alkanes) is 1. The van der Waals surface area contributed by atoms with Crippen molar-refractivity contribution in [1.29, 1.82) is 0 Å². The molecule has 0 spiro atoms. The number of hydrogen-bond donors (Lipinski definition) is 2. The number of benzene rings is 1. The quantitative estimate of drug-likeness (QED) is 0.472. The molecule has 2 N–H and O–H groups in total. The number of urea groups is 1. The third kappa shape index (κ3) is 7.40. The molecule has 0 saturated carbocycles. The van der Waals surface area contributed by atoms with Gasteiger partial charge in [0.15, 0.2) is 0 Å². The minimum Gasteiger partial charge on any atom is -0.338 e. The molecular weight excluding hydrogens is 454 g/mol. The highest BCUT2D eigenvalue weighted by molar-refractivity contribution is 9.10. The van der Waals surface area contributed by atoms with Gasteiger partial charge in [0.2, 0.25) is 11.0 Å². The van der Waals surface area contributed by atoms with Crippen molar-refractivity contribution >= 4 is 44.3 Å². The van der Waals surface area contributed by atoms with Crippen LogP contribution in [0.4, 0.5) is 9.93 Å². The minimum absolute atomic E-state index is 0.0640. The normalized spacial score (nSPS) is 11.7. The molecule has 158 valence electrons. The summed E-state index contributed by atoms with van der Waals surface area (Å²) in [4.78, 5) is 26.5. The van der Waals surface area contributed by atoms with E-state index in [-0.39, 0.29) is 24.4 Å². The van der Waals surface area contributed by atoms with Gasteiger partial charge in [-0.05, 0) is 31.9 Å². The largest absolute Gasteiger partial charge is 0.338 e. The van der Waals surface area contributed by atoms with Gasteiger partial charge in [0.25, 0.3) is 0 Å². The van der Waals surface area contributed by atoms with E-state index in [0.717, 1.165) is 34.3 Å². The van der Waals surface area contributed by atoms with Gasteiger partial charge in [0.1, 0.15) is 5.01 Å². The van der Waals surface area contributed by atoms with Gasteiger partial charge in [-0.2, -0.15) is 0 Å². The van der Waals surface area contributed by atoms with Crippen molar-refractivity contribution in [2.75, 3.05) is 18.4 Å². The van der Waals surface area contributed by atoms with Crippen LogP contribution in [0, 0.1) is 0 Å². The van der Waals surface area contributed by atoms with E-state index in [1.165, 1.54) is 11.3 Å². The first kappa shape index (κ1) is 23.3. The molecular formula is C20H28BrN5O2S. The third-order valence-corrected chi connectivity index (χ3v) is 5.89. The zero-order valence-corrected chi connectivity index (χ0v) is 19.5. The Balaban J connectivity index is 1.91. The van der Waals surface area contributed by atoms with Gasteiger partial charge in [0.05, 0.1) is 0 Å². The number of nitrogens with zero attached hydrogens (tertiary/aromatic N) is 3. The van der Waals surface area contributed by atoms with Crippen molar-refractivity contribution < 1.29 is 9.59 Å². The van der Waals surface area contributed by atoms with Gasteiger partial charge in [-0.3, -0.25) is 4.79 Å². The Bertz CT molecular complexity index is 814. The first-order chi connectivity index (χ1) is 13.9. The van der Waals surface area contributed by atoms with E-state index in [4.69, 9.17) is 0 Å². The molecule has 0 aliphatic carbocycles. The van der Waals surface area contributed by atoms with Crippen LogP contribution in [-0.2, 0) is 4.79 Å². The summed E-state index contributed by atoms with van der Waals surface area (Å²) < 4.78 is 0.957. The van der Waals surface area contributed by atoms with Gasteiger partial charge in [-0.15, -0.1) is 10.2 Å². The van der Waals surface area contributed by atoms with E-state index in [1.54, 1.807) is 4.90 Å². The maximum absolute atomic E-state index is 12.4. The fraction of sp³-hybridized carbons (Fsp3) is 0.500. The molecule has 3 amide bonds. The van der Waals surface area contributed by atoms with Crippen LogP contribution in [0.15, 0.2) is 28.7 Å². The number of amides is 3. The molecule has 0 saturated heterocycles. The predicted octanol–water partition coefficient (Wildman–Crippen LogP) is 4.91. The summed E-state index contributed by atoms with van der Waals surface area (Å²) >= 11 is 4.76. The molecule has 2 rings (SSSR count). The van der Waals surface area contributed by atoms with Crippen LogP contribution in [0.2, 0.25) is 0 Å². The summed E-state index contributed by atoms with van der Waals surface area (Å²) in [6, 6.07) is 7.70. The Kier molecular flexibility index (Phi) is 9.53. The Labute approximate surface area is 184 Å². The molecule has 1 unspecified atom stereocenters. The molecule has 1 aromatic heterocycles. The van der Waals surface area contributed by atoms with E-state index >= 15 is 0 Å². The smallest absolute Gasteiger partial charge is 0.317 e. The number of carbonyl (C=O) groups excluding carboxylic acids is 2.